The molecule has 36 heavy (non-hydrogen) atoms. The minimum absolute atomic E-state index is 0.464. The maximum absolute atomic E-state index is 12.5. The Morgan fingerprint density at radius 3 is 2.64 bits per heavy atom. The molecule has 0 amide bonds. The van der Waals surface area contributed by atoms with Crippen LogP contribution in [0.4, 0.5) is 0 Å². The number of rotatable bonds is 4. The second-order valence-corrected chi connectivity index (χ2v) is 9.11. The number of aromatic nitrogens is 5. The van der Waals surface area contributed by atoms with Crippen LogP contribution in [0.2, 0.25) is 5.02 Å². The summed E-state index contributed by atoms with van der Waals surface area (Å²) in [5.74, 6) is 0. The van der Waals surface area contributed by atoms with Gasteiger partial charge in [-0.3, -0.25) is 4.98 Å². The van der Waals surface area contributed by atoms with Crippen molar-refractivity contribution >= 4 is 33.4 Å². The van der Waals surface area contributed by atoms with E-state index in [1.54, 1.807) is 47.6 Å². The van der Waals surface area contributed by atoms with E-state index >= 15 is 0 Å². The summed E-state index contributed by atoms with van der Waals surface area (Å²) in [5, 5.41) is 14.6. The van der Waals surface area contributed by atoms with Crippen LogP contribution in [0.3, 0.4) is 0 Å². The molecule has 1 atom stereocenters. The highest BCUT2D eigenvalue weighted by Crippen LogP contribution is 2.39. The zero-order chi connectivity index (χ0) is 24.9. The molecule has 0 fully saturated rings. The van der Waals surface area contributed by atoms with Gasteiger partial charge in [0.15, 0.2) is 5.60 Å². The molecule has 0 saturated heterocycles. The molecule has 1 unspecified atom stereocenters. The average Bonchev–Trinajstić information content (AvgIpc) is 3.33. The van der Waals surface area contributed by atoms with Crippen molar-refractivity contribution in [1.82, 2.24) is 24.5 Å². The summed E-state index contributed by atoms with van der Waals surface area (Å²) in [6.07, 6.45) is 5.05. The van der Waals surface area contributed by atoms with Gasteiger partial charge in [0.25, 0.3) is 0 Å². The van der Waals surface area contributed by atoms with E-state index in [1.165, 1.54) is 0 Å². The molecule has 8 heteroatoms. The first-order valence-corrected chi connectivity index (χ1v) is 11.7. The topological polar surface area (TPSA) is 96.7 Å². The second kappa shape index (κ2) is 8.41. The number of benzene rings is 3. The van der Waals surface area contributed by atoms with Gasteiger partial charge in [0, 0.05) is 34.6 Å². The van der Waals surface area contributed by atoms with Gasteiger partial charge in [0.1, 0.15) is 0 Å². The lowest BCUT2D eigenvalue weighted by atomic mass is 9.82. The second-order valence-electron chi connectivity index (χ2n) is 8.67. The fourth-order valence-corrected chi connectivity index (χ4v) is 4.89. The van der Waals surface area contributed by atoms with Crippen molar-refractivity contribution in [2.75, 3.05) is 0 Å². The molecular formula is C28H20ClN5O2. The number of H-pyrrole nitrogens is 1. The van der Waals surface area contributed by atoms with Crippen LogP contribution in [0, 0.1) is 0 Å². The van der Waals surface area contributed by atoms with E-state index in [2.05, 4.69) is 19.9 Å². The molecule has 0 saturated carbocycles. The third-order valence-corrected chi connectivity index (χ3v) is 6.69. The Morgan fingerprint density at radius 2 is 1.83 bits per heavy atom. The number of hydrogen-bond donors (Lipinski definition) is 2. The first-order chi connectivity index (χ1) is 17.4. The predicted molar refractivity (Wildman–Crippen MR) is 140 cm³/mol. The highest BCUT2D eigenvalue weighted by molar-refractivity contribution is 6.30. The average molecular weight is 494 g/mol. The number of aryl methyl sites for hydroxylation is 1. The fraction of sp³-hybridized carbons (Fsp3) is 0.0714. The van der Waals surface area contributed by atoms with Crippen LogP contribution in [0.25, 0.3) is 33.1 Å². The van der Waals surface area contributed by atoms with E-state index in [-0.39, 0.29) is 0 Å². The monoisotopic (exact) mass is 493 g/mol. The van der Waals surface area contributed by atoms with Crippen LogP contribution in [-0.2, 0) is 12.6 Å². The van der Waals surface area contributed by atoms with E-state index in [1.807, 2.05) is 55.6 Å². The Balaban J connectivity index is 1.65. The van der Waals surface area contributed by atoms with Gasteiger partial charge in [-0.1, -0.05) is 41.9 Å². The molecule has 2 N–H and O–H groups in total. The smallest absolute Gasteiger partial charge is 0.345 e. The summed E-state index contributed by atoms with van der Waals surface area (Å²) in [4.78, 5) is 28.1. The molecule has 0 radical (unpaired) electrons. The van der Waals surface area contributed by atoms with Crippen molar-refractivity contribution in [2.24, 2.45) is 7.05 Å². The third-order valence-electron chi connectivity index (χ3n) is 6.45. The van der Waals surface area contributed by atoms with E-state index in [4.69, 9.17) is 11.6 Å². The molecule has 3 aromatic carbocycles. The number of aromatic amines is 1. The Morgan fingerprint density at radius 1 is 1.00 bits per heavy atom. The highest BCUT2D eigenvalue weighted by Gasteiger charge is 2.37. The Hall–Kier alpha value is -4.33. The van der Waals surface area contributed by atoms with Crippen molar-refractivity contribution in [3.8, 4) is 11.3 Å². The summed E-state index contributed by atoms with van der Waals surface area (Å²) in [6, 6.07) is 22.2. The molecule has 0 aliphatic heterocycles. The van der Waals surface area contributed by atoms with Gasteiger partial charge in [-0.05, 0) is 53.6 Å². The van der Waals surface area contributed by atoms with Gasteiger partial charge >= 0.3 is 5.69 Å². The standard InChI is InChI=1S/C28H20ClN5O2/c1-34-16-30-15-25(34)28(36,19-7-9-23-17(12-19)5-3-11-31-23)20-8-10-24-22(14-20)26(33-27(35)32-24)18-4-2-6-21(29)13-18/h2-16,36H,1H3,(H,32,33,35). The number of halogens is 1. The van der Waals surface area contributed by atoms with Gasteiger partial charge in [0.2, 0.25) is 0 Å². The van der Waals surface area contributed by atoms with Gasteiger partial charge in [-0.2, -0.15) is 4.98 Å². The molecular weight excluding hydrogens is 474 g/mol. The molecule has 7 nitrogen and oxygen atoms in total. The maximum atomic E-state index is 12.5. The van der Waals surface area contributed by atoms with Crippen molar-refractivity contribution < 1.29 is 5.11 Å². The van der Waals surface area contributed by atoms with Crippen LogP contribution in [0.1, 0.15) is 16.8 Å². The number of imidazole rings is 1. The van der Waals surface area contributed by atoms with Crippen molar-refractivity contribution in [2.45, 2.75) is 5.60 Å². The number of fused-ring (bicyclic) bond motifs is 2. The van der Waals surface area contributed by atoms with Crippen LogP contribution in [-0.4, -0.2) is 29.6 Å². The van der Waals surface area contributed by atoms with E-state index in [0.717, 1.165) is 10.9 Å². The molecule has 0 aliphatic rings. The van der Waals surface area contributed by atoms with Gasteiger partial charge in [0.05, 0.1) is 34.9 Å². The quantitative estimate of drug-likeness (QED) is 0.367. The molecule has 0 aliphatic carbocycles. The molecule has 6 aromatic rings. The largest absolute Gasteiger partial charge is 0.374 e. The zero-order valence-electron chi connectivity index (χ0n) is 19.2. The van der Waals surface area contributed by atoms with E-state index < -0.39 is 11.3 Å². The Kier molecular flexibility index (Phi) is 5.17. The van der Waals surface area contributed by atoms with Gasteiger partial charge in [-0.25, -0.2) is 9.78 Å². The van der Waals surface area contributed by atoms with Crippen LogP contribution >= 0.6 is 11.6 Å². The maximum Gasteiger partial charge on any atom is 0.345 e. The molecule has 6 rings (SSSR count). The lowest BCUT2D eigenvalue weighted by Gasteiger charge is -2.30. The summed E-state index contributed by atoms with van der Waals surface area (Å²) in [5.41, 5.74) is 2.45. The van der Waals surface area contributed by atoms with Crippen LogP contribution in [0.15, 0.2) is 96.3 Å². The van der Waals surface area contributed by atoms with Gasteiger partial charge < -0.3 is 14.7 Å². The van der Waals surface area contributed by atoms with Crippen molar-refractivity contribution in [3.05, 3.63) is 124 Å². The zero-order valence-corrected chi connectivity index (χ0v) is 19.9. The Bertz CT molecular complexity index is 1830. The molecule has 3 aromatic heterocycles. The lowest BCUT2D eigenvalue weighted by molar-refractivity contribution is 0.118. The number of nitrogens with one attached hydrogen (secondary N) is 1. The highest BCUT2D eigenvalue weighted by atomic mass is 35.5. The number of hydrogen-bond acceptors (Lipinski definition) is 5. The minimum atomic E-state index is -1.55. The van der Waals surface area contributed by atoms with E-state index in [9.17, 15) is 9.90 Å². The number of nitrogens with zero attached hydrogens (tertiary/aromatic N) is 4. The molecule has 176 valence electrons. The normalized spacial score (nSPS) is 13.2. The van der Waals surface area contributed by atoms with Crippen LogP contribution in [0.5, 0.6) is 0 Å². The molecule has 0 spiro atoms. The van der Waals surface area contributed by atoms with E-state index in [0.29, 0.717) is 44.0 Å². The Labute approximate surface area is 210 Å². The van der Waals surface area contributed by atoms with Crippen molar-refractivity contribution in [1.29, 1.82) is 0 Å². The third kappa shape index (κ3) is 3.57. The molecule has 0 bridgehead atoms. The summed E-state index contributed by atoms with van der Waals surface area (Å²) >= 11 is 6.23. The van der Waals surface area contributed by atoms with Gasteiger partial charge in [-0.15, -0.1) is 0 Å². The summed E-state index contributed by atoms with van der Waals surface area (Å²) in [6.45, 7) is 0. The minimum Gasteiger partial charge on any atom is -0.374 e. The van der Waals surface area contributed by atoms with Crippen molar-refractivity contribution in [3.63, 3.8) is 0 Å². The summed E-state index contributed by atoms with van der Waals surface area (Å²) < 4.78 is 1.79. The molecule has 3 heterocycles. The SMILES string of the molecule is Cn1cncc1C(O)(c1ccc2ncccc2c1)c1ccc2[nH]c(=O)nc(-c3cccc(Cl)c3)c2c1. The number of aliphatic hydroxyl groups is 1. The van der Waals surface area contributed by atoms with Crippen LogP contribution < -0.4 is 5.69 Å². The lowest BCUT2D eigenvalue weighted by Crippen LogP contribution is -2.31. The first-order valence-electron chi connectivity index (χ1n) is 11.3. The first kappa shape index (κ1) is 22.2. The number of pyridine rings is 1. The predicted octanol–water partition coefficient (Wildman–Crippen LogP) is 4.81. The summed E-state index contributed by atoms with van der Waals surface area (Å²) in [7, 11) is 1.84. The fourth-order valence-electron chi connectivity index (χ4n) is 4.70.